The summed E-state index contributed by atoms with van der Waals surface area (Å²) < 4.78 is 27.8. The summed E-state index contributed by atoms with van der Waals surface area (Å²) in [4.78, 5) is 12.8. The van der Waals surface area contributed by atoms with Crippen LogP contribution in [0.2, 0.25) is 0 Å². The van der Waals surface area contributed by atoms with E-state index in [-0.39, 0.29) is 24.2 Å². The Morgan fingerprint density at radius 3 is 2.37 bits per heavy atom. The summed E-state index contributed by atoms with van der Waals surface area (Å²) in [5.74, 6) is -0.0308. The van der Waals surface area contributed by atoms with E-state index in [1.165, 1.54) is 0 Å². The minimum absolute atomic E-state index is 0. The van der Waals surface area contributed by atoms with E-state index in [1.54, 1.807) is 22.5 Å². The molecule has 3 rings (SSSR count). The van der Waals surface area contributed by atoms with E-state index < -0.39 is 10.0 Å². The number of nitrogens with zero attached hydrogens (tertiary/aromatic N) is 1. The number of anilines is 1. The molecule has 27 heavy (non-hydrogen) atoms. The molecule has 2 aliphatic rings. The number of sulfonamides is 1. The van der Waals surface area contributed by atoms with Gasteiger partial charge in [-0.2, -0.15) is 4.31 Å². The number of benzene rings is 1. The fourth-order valence-electron chi connectivity index (χ4n) is 3.71. The van der Waals surface area contributed by atoms with Gasteiger partial charge in [-0.05, 0) is 63.4 Å². The van der Waals surface area contributed by atoms with Gasteiger partial charge in [0, 0.05) is 24.7 Å². The third-order valence-corrected chi connectivity index (χ3v) is 7.39. The number of hydrogen-bond acceptors (Lipinski definition) is 4. The van der Waals surface area contributed by atoms with Gasteiger partial charge in [-0.1, -0.05) is 18.9 Å². The molecule has 0 bridgehead atoms. The third kappa shape index (κ3) is 5.44. The monoisotopic (exact) mass is 415 g/mol. The molecule has 0 aromatic heterocycles. The number of amides is 1. The van der Waals surface area contributed by atoms with E-state index >= 15 is 0 Å². The molecule has 152 valence electrons. The maximum absolute atomic E-state index is 13.1. The Hall–Kier alpha value is -1.15. The first-order chi connectivity index (χ1) is 12.5. The second kappa shape index (κ2) is 9.87. The van der Waals surface area contributed by atoms with Gasteiger partial charge in [0.25, 0.3) is 0 Å². The van der Waals surface area contributed by atoms with Gasteiger partial charge in [-0.15, -0.1) is 12.4 Å². The molecule has 8 heteroatoms. The van der Waals surface area contributed by atoms with Crippen molar-refractivity contribution in [1.29, 1.82) is 0 Å². The molecule has 2 saturated heterocycles. The molecule has 2 fully saturated rings. The second-order valence-corrected chi connectivity index (χ2v) is 9.22. The van der Waals surface area contributed by atoms with Crippen LogP contribution in [0, 0.1) is 12.8 Å². The lowest BCUT2D eigenvalue weighted by Crippen LogP contribution is -2.35. The number of rotatable bonds is 4. The largest absolute Gasteiger partial charge is 0.326 e. The molecule has 0 aliphatic carbocycles. The molecule has 0 unspecified atom stereocenters. The first-order valence-electron chi connectivity index (χ1n) is 9.61. The highest BCUT2D eigenvalue weighted by molar-refractivity contribution is 7.89. The van der Waals surface area contributed by atoms with Gasteiger partial charge in [0.05, 0.1) is 4.90 Å². The van der Waals surface area contributed by atoms with Crippen LogP contribution in [0.5, 0.6) is 0 Å². The first kappa shape index (κ1) is 22.1. The Balaban J connectivity index is 0.00000261. The van der Waals surface area contributed by atoms with E-state index in [0.29, 0.717) is 29.2 Å². The summed E-state index contributed by atoms with van der Waals surface area (Å²) in [6.07, 6.45) is 5.61. The SMILES string of the molecule is Cc1ccc(NC(=O)C2CCNCC2)cc1S(=O)(=O)N1CCCCCC1.Cl. The highest BCUT2D eigenvalue weighted by Gasteiger charge is 2.27. The molecule has 0 spiro atoms. The van der Waals surface area contributed by atoms with Gasteiger partial charge < -0.3 is 10.6 Å². The van der Waals surface area contributed by atoms with Crippen LogP contribution < -0.4 is 10.6 Å². The van der Waals surface area contributed by atoms with E-state index in [1.807, 2.05) is 6.92 Å². The molecule has 0 saturated carbocycles. The topological polar surface area (TPSA) is 78.5 Å². The number of carbonyl (C=O) groups excluding carboxylic acids is 1. The van der Waals surface area contributed by atoms with Crippen molar-refractivity contribution >= 4 is 34.0 Å². The van der Waals surface area contributed by atoms with Crippen molar-refractivity contribution < 1.29 is 13.2 Å². The van der Waals surface area contributed by atoms with E-state index in [9.17, 15) is 13.2 Å². The molecule has 1 aromatic rings. The van der Waals surface area contributed by atoms with Crippen molar-refractivity contribution in [3.8, 4) is 0 Å². The maximum Gasteiger partial charge on any atom is 0.243 e. The Kier molecular flexibility index (Phi) is 8.09. The quantitative estimate of drug-likeness (QED) is 0.792. The van der Waals surface area contributed by atoms with Crippen LogP contribution in [0.3, 0.4) is 0 Å². The number of piperidine rings is 1. The minimum Gasteiger partial charge on any atom is -0.326 e. The van der Waals surface area contributed by atoms with Crippen LogP contribution in [-0.4, -0.2) is 44.8 Å². The lowest BCUT2D eigenvalue weighted by Gasteiger charge is -2.23. The van der Waals surface area contributed by atoms with Gasteiger partial charge in [0.15, 0.2) is 0 Å². The third-order valence-electron chi connectivity index (χ3n) is 5.35. The van der Waals surface area contributed by atoms with Crippen LogP contribution >= 0.6 is 12.4 Å². The van der Waals surface area contributed by atoms with Crippen LogP contribution in [-0.2, 0) is 14.8 Å². The van der Waals surface area contributed by atoms with E-state index in [0.717, 1.165) is 51.6 Å². The smallest absolute Gasteiger partial charge is 0.243 e. The predicted molar refractivity (Wildman–Crippen MR) is 110 cm³/mol. The van der Waals surface area contributed by atoms with Crippen molar-refractivity contribution in [3.63, 3.8) is 0 Å². The molecule has 1 aromatic carbocycles. The lowest BCUT2D eigenvalue weighted by molar-refractivity contribution is -0.120. The molecule has 0 radical (unpaired) electrons. The molecule has 2 heterocycles. The zero-order chi connectivity index (χ0) is 18.6. The minimum atomic E-state index is -3.53. The first-order valence-corrected chi connectivity index (χ1v) is 11.0. The summed E-state index contributed by atoms with van der Waals surface area (Å²) in [7, 11) is -3.53. The van der Waals surface area contributed by atoms with Gasteiger partial charge in [0.1, 0.15) is 0 Å². The molecular weight excluding hydrogens is 386 g/mol. The predicted octanol–water partition coefficient (Wildman–Crippen LogP) is 2.92. The van der Waals surface area contributed by atoms with Crippen LogP contribution in [0.25, 0.3) is 0 Å². The zero-order valence-corrected chi connectivity index (χ0v) is 17.5. The molecule has 2 aliphatic heterocycles. The zero-order valence-electron chi connectivity index (χ0n) is 15.9. The average Bonchev–Trinajstić information content (AvgIpc) is 2.94. The fourth-order valence-corrected chi connectivity index (χ4v) is 5.47. The summed E-state index contributed by atoms with van der Waals surface area (Å²) in [6.45, 7) is 4.66. The fraction of sp³-hybridized carbons (Fsp3) is 0.632. The summed E-state index contributed by atoms with van der Waals surface area (Å²) in [5.41, 5.74) is 1.28. The van der Waals surface area contributed by atoms with Crippen LogP contribution in [0.15, 0.2) is 23.1 Å². The van der Waals surface area contributed by atoms with Crippen molar-refractivity contribution in [1.82, 2.24) is 9.62 Å². The Labute approximate surface area is 168 Å². The summed E-state index contributed by atoms with van der Waals surface area (Å²) in [5, 5.41) is 6.16. The molecule has 1 amide bonds. The van der Waals surface area contributed by atoms with Gasteiger partial charge >= 0.3 is 0 Å². The van der Waals surface area contributed by atoms with E-state index in [4.69, 9.17) is 0 Å². The highest BCUT2D eigenvalue weighted by atomic mass is 35.5. The highest BCUT2D eigenvalue weighted by Crippen LogP contribution is 2.26. The molecule has 6 nitrogen and oxygen atoms in total. The summed E-state index contributed by atoms with van der Waals surface area (Å²) in [6, 6.07) is 5.19. The number of halogens is 1. The molecular formula is C19H30ClN3O3S. The normalized spacial score (nSPS) is 19.7. The van der Waals surface area contributed by atoms with Crippen LogP contribution in [0.1, 0.15) is 44.1 Å². The van der Waals surface area contributed by atoms with Gasteiger partial charge in [-0.25, -0.2) is 8.42 Å². The number of carbonyl (C=O) groups is 1. The maximum atomic E-state index is 13.1. The van der Waals surface area contributed by atoms with Crippen molar-refractivity contribution in [2.24, 2.45) is 5.92 Å². The Morgan fingerprint density at radius 2 is 1.74 bits per heavy atom. The number of hydrogen-bond donors (Lipinski definition) is 2. The Bertz CT molecular complexity index is 741. The van der Waals surface area contributed by atoms with Crippen LogP contribution in [0.4, 0.5) is 5.69 Å². The van der Waals surface area contributed by atoms with Crippen molar-refractivity contribution in [3.05, 3.63) is 23.8 Å². The molecule has 2 N–H and O–H groups in total. The number of nitrogens with one attached hydrogen (secondary N) is 2. The standard InChI is InChI=1S/C19H29N3O3S.ClH/c1-15-6-7-17(21-19(23)16-8-10-20-11-9-16)14-18(15)26(24,25)22-12-4-2-3-5-13-22;/h6-7,14,16,20H,2-5,8-13H2,1H3,(H,21,23);1H. The van der Waals surface area contributed by atoms with Crippen molar-refractivity contribution in [2.75, 3.05) is 31.5 Å². The Morgan fingerprint density at radius 1 is 1.11 bits per heavy atom. The number of aryl methyl sites for hydroxylation is 1. The van der Waals surface area contributed by atoms with E-state index in [2.05, 4.69) is 10.6 Å². The average molecular weight is 416 g/mol. The molecule has 0 atom stereocenters. The van der Waals surface area contributed by atoms with Gasteiger partial charge in [-0.3, -0.25) is 4.79 Å². The lowest BCUT2D eigenvalue weighted by atomic mass is 9.97. The second-order valence-electron chi connectivity index (χ2n) is 7.31. The summed E-state index contributed by atoms with van der Waals surface area (Å²) >= 11 is 0. The van der Waals surface area contributed by atoms with Gasteiger partial charge in [0.2, 0.25) is 15.9 Å². The van der Waals surface area contributed by atoms with Crippen molar-refractivity contribution in [2.45, 2.75) is 50.3 Å².